The normalized spacial score (nSPS) is 14.5. The number of aliphatic carboxylic acids is 1. The first kappa shape index (κ1) is 33.9. The topological polar surface area (TPSA) is 152 Å². The fraction of sp³-hybridized carbons (Fsp3) is 0.515. The van der Waals surface area contributed by atoms with Crippen molar-refractivity contribution in [2.45, 2.75) is 53.1 Å². The zero-order valence-corrected chi connectivity index (χ0v) is 26.5. The number of hydrogen-bond acceptors (Lipinski definition) is 7. The number of piperidine rings is 1. The van der Waals surface area contributed by atoms with Crippen molar-refractivity contribution in [3.63, 3.8) is 0 Å². The van der Waals surface area contributed by atoms with Crippen molar-refractivity contribution in [2.24, 2.45) is 5.92 Å². The number of para-hydroxylation sites is 1. The summed E-state index contributed by atoms with van der Waals surface area (Å²) in [5, 5.41) is 12.4. The SMILES string of the molecule is Cc1cc(C)c(CNC(=O)c2c(C)n(C(C)C3CCN(C(=O)COCCOCCOCC(=O)O)CC3)c3ccccc23)c(=O)[nH]1. The molecule has 1 saturated heterocycles. The Bertz CT molecular complexity index is 1550. The number of fused-ring (bicyclic) bond motifs is 1. The van der Waals surface area contributed by atoms with E-state index >= 15 is 0 Å². The fourth-order valence-electron chi connectivity index (χ4n) is 6.15. The van der Waals surface area contributed by atoms with Crippen LogP contribution in [-0.2, 0) is 30.3 Å². The summed E-state index contributed by atoms with van der Waals surface area (Å²) in [5.74, 6) is -0.991. The maximum Gasteiger partial charge on any atom is 0.329 e. The lowest BCUT2D eigenvalue weighted by molar-refractivity contribution is -0.142. The highest BCUT2D eigenvalue weighted by Gasteiger charge is 2.30. The molecule has 3 N–H and O–H groups in total. The van der Waals surface area contributed by atoms with E-state index in [0.29, 0.717) is 30.1 Å². The van der Waals surface area contributed by atoms with Crippen LogP contribution in [0.2, 0.25) is 0 Å². The number of carboxylic acid groups (broad SMARTS) is 1. The average Bonchev–Trinajstić information content (AvgIpc) is 3.30. The highest BCUT2D eigenvalue weighted by Crippen LogP contribution is 2.35. The number of carbonyl (C=O) groups excluding carboxylic acids is 2. The van der Waals surface area contributed by atoms with Gasteiger partial charge in [-0.05, 0) is 64.2 Å². The van der Waals surface area contributed by atoms with Crippen molar-refractivity contribution in [2.75, 3.05) is 52.7 Å². The van der Waals surface area contributed by atoms with Crippen molar-refractivity contribution in [3.8, 4) is 0 Å². The van der Waals surface area contributed by atoms with Gasteiger partial charge in [0, 0.05) is 53.5 Å². The Morgan fingerprint density at radius 2 is 1.64 bits per heavy atom. The number of aryl methyl sites for hydroxylation is 2. The van der Waals surface area contributed by atoms with Gasteiger partial charge in [0.25, 0.3) is 11.5 Å². The lowest BCUT2D eigenvalue weighted by Gasteiger charge is -2.36. The number of amides is 2. The number of rotatable bonds is 15. The Balaban J connectivity index is 1.31. The van der Waals surface area contributed by atoms with Crippen LogP contribution in [0.15, 0.2) is 35.1 Å². The number of carbonyl (C=O) groups is 3. The Labute approximate surface area is 262 Å². The van der Waals surface area contributed by atoms with Crippen LogP contribution in [0.1, 0.15) is 58.7 Å². The standard InChI is InChI=1S/C33H44N4O8/c1-21-17-22(2)35-32(41)27(21)18-34-33(42)31-24(4)37(28-8-6-5-7-26(28)31)23(3)25-9-11-36(12-10-25)29(38)19-44-15-13-43-14-16-45-20-30(39)40/h5-8,17,23,25H,9-16,18-20H2,1-4H3,(H,34,42)(H,35,41)(H,39,40). The molecule has 3 heterocycles. The van der Waals surface area contributed by atoms with E-state index in [1.807, 2.05) is 56.0 Å². The second kappa shape index (κ2) is 15.8. The number of pyridine rings is 1. The number of benzene rings is 1. The molecule has 0 saturated carbocycles. The molecule has 0 spiro atoms. The summed E-state index contributed by atoms with van der Waals surface area (Å²) in [6.45, 7) is 9.86. The molecule has 3 aromatic rings. The van der Waals surface area contributed by atoms with Gasteiger partial charge in [-0.1, -0.05) is 18.2 Å². The lowest BCUT2D eigenvalue weighted by atomic mass is 9.90. The van der Waals surface area contributed by atoms with Gasteiger partial charge in [-0.15, -0.1) is 0 Å². The maximum atomic E-state index is 13.6. The van der Waals surface area contributed by atoms with Crippen LogP contribution in [0.5, 0.6) is 0 Å². The molecule has 0 aliphatic carbocycles. The Morgan fingerprint density at radius 3 is 2.31 bits per heavy atom. The average molecular weight is 625 g/mol. The zero-order chi connectivity index (χ0) is 32.5. The number of likely N-dealkylation sites (tertiary alicyclic amines) is 1. The van der Waals surface area contributed by atoms with Gasteiger partial charge in [-0.3, -0.25) is 14.4 Å². The van der Waals surface area contributed by atoms with E-state index in [-0.39, 0.29) is 69.6 Å². The van der Waals surface area contributed by atoms with E-state index in [0.717, 1.165) is 40.7 Å². The number of aromatic nitrogens is 2. The molecule has 1 unspecified atom stereocenters. The highest BCUT2D eigenvalue weighted by atomic mass is 16.5. The number of carboxylic acids is 1. The number of ether oxygens (including phenoxy) is 3. The predicted octanol–water partition coefficient (Wildman–Crippen LogP) is 3.12. The molecule has 0 bridgehead atoms. The van der Waals surface area contributed by atoms with Gasteiger partial charge < -0.3 is 39.1 Å². The van der Waals surface area contributed by atoms with Gasteiger partial charge in [0.2, 0.25) is 5.91 Å². The monoisotopic (exact) mass is 624 g/mol. The van der Waals surface area contributed by atoms with Crippen molar-refractivity contribution in [3.05, 3.63) is 68.8 Å². The summed E-state index contributed by atoms with van der Waals surface area (Å²) in [7, 11) is 0. The second-order valence-corrected chi connectivity index (χ2v) is 11.5. The maximum absolute atomic E-state index is 13.6. The van der Waals surface area contributed by atoms with Crippen LogP contribution in [0.3, 0.4) is 0 Å². The first-order valence-electron chi connectivity index (χ1n) is 15.4. The van der Waals surface area contributed by atoms with Crippen LogP contribution in [0.4, 0.5) is 0 Å². The van der Waals surface area contributed by atoms with Crippen molar-refractivity contribution in [1.82, 2.24) is 19.8 Å². The van der Waals surface area contributed by atoms with Crippen LogP contribution in [0, 0.1) is 26.7 Å². The van der Waals surface area contributed by atoms with E-state index in [2.05, 4.69) is 21.8 Å². The van der Waals surface area contributed by atoms with Crippen molar-refractivity contribution >= 4 is 28.7 Å². The van der Waals surface area contributed by atoms with Crippen LogP contribution >= 0.6 is 0 Å². The number of hydrogen-bond donors (Lipinski definition) is 3. The molecule has 2 aromatic heterocycles. The van der Waals surface area contributed by atoms with E-state index < -0.39 is 5.97 Å². The molecule has 4 rings (SSSR count). The largest absolute Gasteiger partial charge is 0.480 e. The highest BCUT2D eigenvalue weighted by molar-refractivity contribution is 6.08. The third kappa shape index (κ3) is 8.59. The number of nitrogens with zero attached hydrogens (tertiary/aromatic N) is 2. The predicted molar refractivity (Wildman–Crippen MR) is 168 cm³/mol. The Hall–Kier alpha value is -4.00. The minimum absolute atomic E-state index is 0.0209. The smallest absolute Gasteiger partial charge is 0.329 e. The third-order valence-corrected chi connectivity index (χ3v) is 8.48. The summed E-state index contributed by atoms with van der Waals surface area (Å²) < 4.78 is 17.9. The molecule has 244 valence electrons. The minimum Gasteiger partial charge on any atom is -0.480 e. The van der Waals surface area contributed by atoms with Crippen LogP contribution < -0.4 is 10.9 Å². The molecule has 12 heteroatoms. The molecular weight excluding hydrogens is 580 g/mol. The summed E-state index contributed by atoms with van der Waals surface area (Å²) in [4.78, 5) is 53.8. The first-order valence-corrected chi connectivity index (χ1v) is 15.4. The summed E-state index contributed by atoms with van der Waals surface area (Å²) in [6, 6.07) is 9.90. The zero-order valence-electron chi connectivity index (χ0n) is 26.5. The van der Waals surface area contributed by atoms with Gasteiger partial charge in [-0.2, -0.15) is 0 Å². The van der Waals surface area contributed by atoms with Crippen molar-refractivity contribution in [1.29, 1.82) is 0 Å². The molecule has 12 nitrogen and oxygen atoms in total. The lowest BCUT2D eigenvalue weighted by Crippen LogP contribution is -2.42. The number of nitrogens with one attached hydrogen (secondary N) is 2. The van der Waals surface area contributed by atoms with Gasteiger partial charge in [0.15, 0.2) is 0 Å². The van der Waals surface area contributed by atoms with Crippen LogP contribution in [-0.4, -0.2) is 90.1 Å². The van der Waals surface area contributed by atoms with E-state index in [4.69, 9.17) is 19.3 Å². The summed E-state index contributed by atoms with van der Waals surface area (Å²) in [5.41, 5.74) is 4.45. The molecule has 1 aliphatic rings. The molecule has 1 aliphatic heterocycles. The Kier molecular flexibility index (Phi) is 11.9. The molecule has 1 atom stereocenters. The first-order chi connectivity index (χ1) is 21.6. The molecule has 45 heavy (non-hydrogen) atoms. The fourth-order valence-corrected chi connectivity index (χ4v) is 6.15. The summed E-state index contributed by atoms with van der Waals surface area (Å²) >= 11 is 0. The second-order valence-electron chi connectivity index (χ2n) is 11.5. The van der Waals surface area contributed by atoms with E-state index in [1.54, 1.807) is 0 Å². The van der Waals surface area contributed by atoms with Gasteiger partial charge in [-0.25, -0.2) is 4.79 Å². The van der Waals surface area contributed by atoms with Gasteiger partial charge >= 0.3 is 5.97 Å². The quantitative estimate of drug-likeness (QED) is 0.218. The minimum atomic E-state index is -1.03. The van der Waals surface area contributed by atoms with Gasteiger partial charge in [0.05, 0.1) is 32.0 Å². The molecule has 1 fully saturated rings. The third-order valence-electron chi connectivity index (χ3n) is 8.48. The summed E-state index contributed by atoms with van der Waals surface area (Å²) in [6.07, 6.45) is 1.66. The van der Waals surface area contributed by atoms with Crippen LogP contribution in [0.25, 0.3) is 10.9 Å². The molecular formula is C33H44N4O8. The molecule has 0 radical (unpaired) electrons. The van der Waals surface area contributed by atoms with E-state index in [1.165, 1.54) is 0 Å². The number of H-pyrrole nitrogens is 1. The number of aromatic amines is 1. The van der Waals surface area contributed by atoms with Gasteiger partial charge in [0.1, 0.15) is 13.2 Å². The Morgan fingerprint density at radius 1 is 1.00 bits per heavy atom. The van der Waals surface area contributed by atoms with Crippen molar-refractivity contribution < 1.29 is 33.7 Å². The molecule has 2 amide bonds. The van der Waals surface area contributed by atoms with E-state index in [9.17, 15) is 19.2 Å². The molecule has 1 aromatic carbocycles.